The summed E-state index contributed by atoms with van der Waals surface area (Å²) in [4.78, 5) is 7.86. The van der Waals surface area contributed by atoms with Crippen LogP contribution in [0.5, 0.6) is 0 Å². The molecular formula is C20H21ClN2. The van der Waals surface area contributed by atoms with Crippen LogP contribution in [0.2, 0.25) is 0 Å². The maximum Gasteiger partial charge on any atom is 0.106 e. The van der Waals surface area contributed by atoms with Crippen molar-refractivity contribution in [2.75, 3.05) is 5.88 Å². The Morgan fingerprint density at radius 2 is 1.48 bits per heavy atom. The highest BCUT2D eigenvalue weighted by atomic mass is 35.5. The zero-order chi connectivity index (χ0) is 15.9. The minimum absolute atomic E-state index is 0.388. The molecular weight excluding hydrogens is 304 g/mol. The molecule has 0 aliphatic rings. The zero-order valence-electron chi connectivity index (χ0n) is 13.1. The third-order valence-electron chi connectivity index (χ3n) is 4.12. The minimum Gasteiger partial charge on any atom is -0.346 e. The van der Waals surface area contributed by atoms with Crippen LogP contribution in [-0.4, -0.2) is 15.8 Å². The molecule has 0 aliphatic carbocycles. The second-order valence-corrected chi connectivity index (χ2v) is 6.08. The van der Waals surface area contributed by atoms with Crippen molar-refractivity contribution in [2.45, 2.75) is 25.2 Å². The van der Waals surface area contributed by atoms with Crippen molar-refractivity contribution in [1.82, 2.24) is 9.97 Å². The quantitative estimate of drug-likeness (QED) is 0.612. The first-order chi connectivity index (χ1) is 11.4. The summed E-state index contributed by atoms with van der Waals surface area (Å²) in [5.41, 5.74) is 3.82. The number of hydrogen-bond acceptors (Lipinski definition) is 1. The fourth-order valence-corrected chi connectivity index (χ4v) is 3.14. The molecule has 0 saturated carbocycles. The second-order valence-electron chi connectivity index (χ2n) is 5.71. The minimum atomic E-state index is 0.388. The normalized spacial score (nSPS) is 11.0. The monoisotopic (exact) mass is 324 g/mol. The lowest BCUT2D eigenvalue weighted by Crippen LogP contribution is -2.04. The molecule has 0 amide bonds. The molecule has 2 nitrogen and oxygen atoms in total. The Balaban J connectivity index is 1.76. The Hall–Kier alpha value is -2.06. The van der Waals surface area contributed by atoms with Gasteiger partial charge in [0.1, 0.15) is 5.82 Å². The lowest BCUT2D eigenvalue weighted by atomic mass is 9.87. The Morgan fingerprint density at radius 1 is 0.870 bits per heavy atom. The van der Waals surface area contributed by atoms with E-state index in [1.807, 2.05) is 6.20 Å². The maximum atomic E-state index is 5.79. The van der Waals surface area contributed by atoms with Crippen LogP contribution in [0.15, 0.2) is 66.9 Å². The van der Waals surface area contributed by atoms with Gasteiger partial charge in [-0.25, -0.2) is 4.98 Å². The Morgan fingerprint density at radius 3 is 2.04 bits per heavy atom. The molecule has 0 saturated heterocycles. The van der Waals surface area contributed by atoms with Crippen LogP contribution >= 0.6 is 11.6 Å². The van der Waals surface area contributed by atoms with Crippen molar-refractivity contribution in [3.8, 4) is 0 Å². The van der Waals surface area contributed by atoms with Crippen LogP contribution in [0.3, 0.4) is 0 Å². The van der Waals surface area contributed by atoms with E-state index >= 15 is 0 Å². The third kappa shape index (κ3) is 4.23. The van der Waals surface area contributed by atoms with E-state index in [1.165, 1.54) is 11.1 Å². The molecule has 1 heterocycles. The maximum absolute atomic E-state index is 5.79. The predicted octanol–water partition coefficient (Wildman–Crippen LogP) is 4.96. The Bertz CT molecular complexity index is 667. The molecule has 1 aromatic heterocycles. The standard InChI is InChI=1S/C20H21ClN2/c21-14-13-18-15-22-20(23-18)12-11-19(16-7-3-1-4-8-16)17-9-5-2-6-10-17/h1-10,15,19H,11-14H2,(H,22,23). The molecule has 0 atom stereocenters. The van der Waals surface area contributed by atoms with Gasteiger partial charge in [0.15, 0.2) is 0 Å². The number of alkyl halides is 1. The second kappa shape index (κ2) is 7.98. The topological polar surface area (TPSA) is 28.7 Å². The van der Waals surface area contributed by atoms with Crippen molar-refractivity contribution in [2.24, 2.45) is 0 Å². The molecule has 0 fully saturated rings. The van der Waals surface area contributed by atoms with Gasteiger partial charge in [-0.05, 0) is 17.5 Å². The SMILES string of the molecule is ClCCc1cnc(CCC(c2ccccc2)c2ccccc2)[nH]1. The number of rotatable bonds is 7. The van der Waals surface area contributed by atoms with Crippen LogP contribution in [0.4, 0.5) is 0 Å². The fraction of sp³-hybridized carbons (Fsp3) is 0.250. The first kappa shape index (κ1) is 15.8. The van der Waals surface area contributed by atoms with E-state index in [4.69, 9.17) is 11.6 Å². The van der Waals surface area contributed by atoms with E-state index < -0.39 is 0 Å². The molecule has 23 heavy (non-hydrogen) atoms. The summed E-state index contributed by atoms with van der Waals surface area (Å²) in [5.74, 6) is 2.05. The lowest BCUT2D eigenvalue weighted by Gasteiger charge is -2.17. The van der Waals surface area contributed by atoms with Gasteiger partial charge < -0.3 is 4.98 Å². The highest BCUT2D eigenvalue weighted by molar-refractivity contribution is 6.17. The van der Waals surface area contributed by atoms with Crippen molar-refractivity contribution >= 4 is 11.6 Å². The summed E-state index contributed by atoms with van der Waals surface area (Å²) in [6, 6.07) is 21.4. The van der Waals surface area contributed by atoms with E-state index in [2.05, 4.69) is 70.6 Å². The molecule has 0 unspecified atom stereocenters. The van der Waals surface area contributed by atoms with E-state index in [0.29, 0.717) is 11.8 Å². The van der Waals surface area contributed by atoms with Gasteiger partial charge >= 0.3 is 0 Å². The van der Waals surface area contributed by atoms with Crippen LogP contribution < -0.4 is 0 Å². The summed E-state index contributed by atoms with van der Waals surface area (Å²) in [6.07, 6.45) is 4.70. The van der Waals surface area contributed by atoms with Gasteiger partial charge in [0.25, 0.3) is 0 Å². The number of nitrogens with zero attached hydrogens (tertiary/aromatic N) is 1. The van der Waals surface area contributed by atoms with Crippen LogP contribution in [0.1, 0.15) is 35.0 Å². The van der Waals surface area contributed by atoms with Gasteiger partial charge in [0.05, 0.1) is 0 Å². The fourth-order valence-electron chi connectivity index (χ4n) is 2.94. The number of aromatic nitrogens is 2. The number of halogens is 1. The summed E-state index contributed by atoms with van der Waals surface area (Å²) in [6.45, 7) is 0. The Kier molecular flexibility index (Phi) is 5.49. The van der Waals surface area contributed by atoms with Crippen molar-refractivity contribution < 1.29 is 0 Å². The summed E-state index contributed by atoms with van der Waals surface area (Å²) >= 11 is 5.79. The first-order valence-corrected chi connectivity index (χ1v) is 8.59. The number of aromatic amines is 1. The summed E-state index contributed by atoms with van der Waals surface area (Å²) in [7, 11) is 0. The third-order valence-corrected chi connectivity index (χ3v) is 4.31. The van der Waals surface area contributed by atoms with Gasteiger partial charge in [-0.15, -0.1) is 11.6 Å². The molecule has 2 aromatic carbocycles. The average molecular weight is 325 g/mol. The molecule has 118 valence electrons. The van der Waals surface area contributed by atoms with E-state index in [1.54, 1.807) is 0 Å². The number of benzene rings is 2. The highest BCUT2D eigenvalue weighted by Crippen LogP contribution is 2.28. The summed E-state index contributed by atoms with van der Waals surface area (Å²) in [5, 5.41) is 0. The number of nitrogens with one attached hydrogen (secondary N) is 1. The molecule has 0 spiro atoms. The molecule has 1 N–H and O–H groups in total. The van der Waals surface area contributed by atoms with E-state index in [0.717, 1.165) is 30.8 Å². The van der Waals surface area contributed by atoms with Crippen molar-refractivity contribution in [1.29, 1.82) is 0 Å². The summed E-state index contributed by atoms with van der Waals surface area (Å²) < 4.78 is 0. The van der Waals surface area contributed by atoms with Crippen LogP contribution in [0.25, 0.3) is 0 Å². The zero-order valence-corrected chi connectivity index (χ0v) is 13.8. The van der Waals surface area contributed by atoms with Gasteiger partial charge in [0, 0.05) is 36.5 Å². The number of H-pyrrole nitrogens is 1. The molecule has 0 aliphatic heterocycles. The molecule has 0 radical (unpaired) electrons. The lowest BCUT2D eigenvalue weighted by molar-refractivity contribution is 0.694. The van der Waals surface area contributed by atoms with Crippen molar-refractivity contribution in [3.05, 3.63) is 89.5 Å². The number of hydrogen-bond donors (Lipinski definition) is 1. The average Bonchev–Trinajstić information content (AvgIpc) is 3.05. The molecule has 3 aromatic rings. The van der Waals surface area contributed by atoms with Gasteiger partial charge in [-0.2, -0.15) is 0 Å². The smallest absolute Gasteiger partial charge is 0.106 e. The van der Waals surface area contributed by atoms with Crippen LogP contribution in [0, 0.1) is 0 Å². The molecule has 0 bridgehead atoms. The molecule has 3 rings (SSSR count). The molecule has 3 heteroatoms. The highest BCUT2D eigenvalue weighted by Gasteiger charge is 2.14. The first-order valence-electron chi connectivity index (χ1n) is 8.05. The van der Waals surface area contributed by atoms with Gasteiger partial charge in [-0.3, -0.25) is 0 Å². The van der Waals surface area contributed by atoms with E-state index in [9.17, 15) is 0 Å². The Labute approximate surface area is 142 Å². The van der Waals surface area contributed by atoms with Gasteiger partial charge in [-0.1, -0.05) is 60.7 Å². The van der Waals surface area contributed by atoms with E-state index in [-0.39, 0.29) is 0 Å². The predicted molar refractivity (Wildman–Crippen MR) is 96.1 cm³/mol. The number of imidazole rings is 1. The number of aryl methyl sites for hydroxylation is 2. The van der Waals surface area contributed by atoms with Crippen molar-refractivity contribution in [3.63, 3.8) is 0 Å². The van der Waals surface area contributed by atoms with Gasteiger partial charge in [0.2, 0.25) is 0 Å². The largest absolute Gasteiger partial charge is 0.346 e. The van der Waals surface area contributed by atoms with Crippen LogP contribution in [-0.2, 0) is 12.8 Å².